The van der Waals surface area contributed by atoms with Gasteiger partial charge in [-0.05, 0) is 41.9 Å². The summed E-state index contributed by atoms with van der Waals surface area (Å²) in [4.78, 5) is 12.5. The zero-order valence-corrected chi connectivity index (χ0v) is 10.3. The van der Waals surface area contributed by atoms with Gasteiger partial charge in [0, 0.05) is 10.8 Å². The topological polar surface area (TPSA) is 57.5 Å². The van der Waals surface area contributed by atoms with Crippen LogP contribution >= 0.6 is 11.8 Å². The highest BCUT2D eigenvalue weighted by atomic mass is 32.2. The summed E-state index contributed by atoms with van der Waals surface area (Å²) < 4.78 is 0. The van der Waals surface area contributed by atoms with Crippen LogP contribution in [0.5, 0.6) is 0 Å². The molecular weight excluding hydrogens is 236 g/mol. The van der Waals surface area contributed by atoms with Gasteiger partial charge in [-0.3, -0.25) is 4.79 Å². The molecule has 1 aromatic carbocycles. The number of carbonyl (C=O) groups is 1. The average Bonchev–Trinajstić information content (AvgIpc) is 2.58. The zero-order valence-electron chi connectivity index (χ0n) is 9.51. The number of aliphatic hydroxyl groups excluding tert-OH is 1. The van der Waals surface area contributed by atoms with Crippen molar-refractivity contribution in [1.29, 1.82) is 0 Å². The molecule has 0 saturated carbocycles. The van der Waals surface area contributed by atoms with Crippen LogP contribution in [0.4, 0.5) is 0 Å². The Kier molecular flexibility index (Phi) is 2.45. The van der Waals surface area contributed by atoms with Gasteiger partial charge in [0.15, 0.2) is 0 Å². The molecule has 1 aliphatic heterocycles. The Labute approximate surface area is 104 Å². The first-order valence-corrected chi connectivity index (χ1v) is 6.77. The zero-order chi connectivity index (χ0) is 12.2. The third-order valence-electron chi connectivity index (χ3n) is 3.88. The lowest BCUT2D eigenvalue weighted by Crippen LogP contribution is -2.23. The normalized spacial score (nSPS) is 30.1. The van der Waals surface area contributed by atoms with E-state index in [1.807, 2.05) is 13.0 Å². The highest BCUT2D eigenvalue weighted by Crippen LogP contribution is 2.54. The molecule has 2 aliphatic rings. The number of hydrogen-bond donors (Lipinski definition) is 2. The molecule has 1 aliphatic carbocycles. The Hall–Kier alpha value is -1.00. The first-order chi connectivity index (χ1) is 8.11. The highest BCUT2D eigenvalue weighted by molar-refractivity contribution is 7.99. The molecule has 0 saturated heterocycles. The molecule has 0 amide bonds. The summed E-state index contributed by atoms with van der Waals surface area (Å²) in [7, 11) is 0. The maximum atomic E-state index is 11.3. The molecule has 3 atom stereocenters. The van der Waals surface area contributed by atoms with E-state index in [4.69, 9.17) is 0 Å². The number of aliphatic hydroxyl groups is 1. The Morgan fingerprint density at radius 2 is 2.18 bits per heavy atom. The van der Waals surface area contributed by atoms with Crippen LogP contribution in [-0.2, 0) is 4.79 Å². The van der Waals surface area contributed by atoms with E-state index in [1.54, 1.807) is 11.8 Å². The third-order valence-corrected chi connectivity index (χ3v) is 4.98. The second-order valence-electron chi connectivity index (χ2n) is 4.76. The molecule has 3 nitrogen and oxygen atoms in total. The molecule has 3 unspecified atom stereocenters. The molecule has 17 heavy (non-hydrogen) atoms. The van der Waals surface area contributed by atoms with Crippen LogP contribution in [0.3, 0.4) is 0 Å². The SMILES string of the molecule is Cc1ccc2c3c1C(O)C(C(=O)O)C3CCS2. The molecule has 0 fully saturated rings. The number of aryl methyl sites for hydroxylation is 1. The van der Waals surface area contributed by atoms with Gasteiger partial charge in [0.2, 0.25) is 0 Å². The smallest absolute Gasteiger partial charge is 0.310 e. The highest BCUT2D eigenvalue weighted by Gasteiger charge is 2.47. The van der Waals surface area contributed by atoms with Crippen LogP contribution in [-0.4, -0.2) is 21.9 Å². The summed E-state index contributed by atoms with van der Waals surface area (Å²) >= 11 is 1.77. The molecule has 0 aromatic heterocycles. The molecule has 3 rings (SSSR count). The van der Waals surface area contributed by atoms with Crippen molar-refractivity contribution in [2.45, 2.75) is 30.3 Å². The van der Waals surface area contributed by atoms with E-state index >= 15 is 0 Å². The lowest BCUT2D eigenvalue weighted by atomic mass is 9.89. The van der Waals surface area contributed by atoms with Crippen LogP contribution in [0.15, 0.2) is 17.0 Å². The fourth-order valence-corrected chi connectivity index (χ4v) is 4.31. The Bertz CT molecular complexity index is 498. The van der Waals surface area contributed by atoms with Gasteiger partial charge in [0.25, 0.3) is 0 Å². The number of benzene rings is 1. The van der Waals surface area contributed by atoms with E-state index in [1.165, 1.54) is 0 Å². The van der Waals surface area contributed by atoms with E-state index in [2.05, 4.69) is 6.07 Å². The van der Waals surface area contributed by atoms with E-state index in [9.17, 15) is 15.0 Å². The fraction of sp³-hybridized carbons (Fsp3) is 0.462. The molecule has 0 bridgehead atoms. The number of rotatable bonds is 1. The Morgan fingerprint density at radius 3 is 2.88 bits per heavy atom. The maximum Gasteiger partial charge on any atom is 0.310 e. The van der Waals surface area contributed by atoms with Gasteiger partial charge in [0.05, 0.1) is 12.0 Å². The van der Waals surface area contributed by atoms with Gasteiger partial charge in [-0.25, -0.2) is 0 Å². The Balaban J connectivity index is 2.22. The average molecular weight is 250 g/mol. The first-order valence-electron chi connectivity index (χ1n) is 5.78. The largest absolute Gasteiger partial charge is 0.481 e. The summed E-state index contributed by atoms with van der Waals surface area (Å²) in [5.74, 6) is -0.605. The lowest BCUT2D eigenvalue weighted by Gasteiger charge is -2.24. The minimum atomic E-state index is -0.879. The van der Waals surface area contributed by atoms with Crippen molar-refractivity contribution < 1.29 is 15.0 Å². The van der Waals surface area contributed by atoms with Crippen molar-refractivity contribution in [2.75, 3.05) is 5.75 Å². The monoisotopic (exact) mass is 250 g/mol. The number of carboxylic acids is 1. The number of thioether (sulfide) groups is 1. The van der Waals surface area contributed by atoms with Crippen molar-refractivity contribution in [3.63, 3.8) is 0 Å². The van der Waals surface area contributed by atoms with Gasteiger partial charge in [-0.1, -0.05) is 6.07 Å². The second-order valence-corrected chi connectivity index (χ2v) is 5.90. The maximum absolute atomic E-state index is 11.3. The predicted molar refractivity (Wildman–Crippen MR) is 65.3 cm³/mol. The quantitative estimate of drug-likeness (QED) is 0.803. The number of hydrogen-bond acceptors (Lipinski definition) is 3. The van der Waals surface area contributed by atoms with Crippen molar-refractivity contribution >= 4 is 17.7 Å². The van der Waals surface area contributed by atoms with Gasteiger partial charge in [-0.15, -0.1) is 11.8 Å². The van der Waals surface area contributed by atoms with Gasteiger partial charge in [-0.2, -0.15) is 0 Å². The van der Waals surface area contributed by atoms with Crippen LogP contribution in [0, 0.1) is 12.8 Å². The van der Waals surface area contributed by atoms with Crippen LogP contribution in [0.25, 0.3) is 0 Å². The molecule has 1 heterocycles. The van der Waals surface area contributed by atoms with Crippen LogP contribution in [0.1, 0.15) is 35.1 Å². The van der Waals surface area contributed by atoms with Crippen molar-refractivity contribution in [1.82, 2.24) is 0 Å². The lowest BCUT2D eigenvalue weighted by molar-refractivity contribution is -0.146. The molecule has 1 aromatic rings. The minimum Gasteiger partial charge on any atom is -0.481 e. The van der Waals surface area contributed by atoms with E-state index in [0.29, 0.717) is 0 Å². The predicted octanol–water partition coefficient (Wildman–Crippen LogP) is 2.32. The number of aliphatic carboxylic acids is 1. The van der Waals surface area contributed by atoms with Crippen LogP contribution < -0.4 is 0 Å². The minimum absolute atomic E-state index is 0.00588. The Morgan fingerprint density at radius 1 is 1.41 bits per heavy atom. The van der Waals surface area contributed by atoms with Crippen molar-refractivity contribution in [2.24, 2.45) is 5.92 Å². The standard InChI is InChI=1S/C13H14O3S/c1-6-2-3-8-10-7(4-5-17-8)11(13(15)16)12(14)9(6)10/h2-3,7,11-12,14H,4-5H2,1H3,(H,15,16). The van der Waals surface area contributed by atoms with Gasteiger partial charge in [0.1, 0.15) is 0 Å². The van der Waals surface area contributed by atoms with E-state index in [-0.39, 0.29) is 5.92 Å². The molecule has 4 heteroatoms. The first kappa shape index (κ1) is 11.1. The summed E-state index contributed by atoms with van der Waals surface area (Å²) in [6, 6.07) is 4.04. The molecule has 0 spiro atoms. The number of carboxylic acid groups (broad SMARTS) is 1. The second kappa shape index (κ2) is 3.75. The van der Waals surface area contributed by atoms with Gasteiger partial charge < -0.3 is 10.2 Å². The molecular formula is C13H14O3S. The molecule has 0 radical (unpaired) electrons. The van der Waals surface area contributed by atoms with Crippen LogP contribution in [0.2, 0.25) is 0 Å². The van der Waals surface area contributed by atoms with Gasteiger partial charge >= 0.3 is 5.97 Å². The van der Waals surface area contributed by atoms with Crippen molar-refractivity contribution in [3.05, 3.63) is 28.8 Å². The van der Waals surface area contributed by atoms with E-state index in [0.717, 1.165) is 33.8 Å². The summed E-state index contributed by atoms with van der Waals surface area (Å²) in [5, 5.41) is 19.6. The molecule has 90 valence electrons. The fourth-order valence-electron chi connectivity index (χ4n) is 3.13. The third kappa shape index (κ3) is 1.44. The summed E-state index contributed by atoms with van der Waals surface area (Å²) in [5.41, 5.74) is 2.97. The summed E-state index contributed by atoms with van der Waals surface area (Å²) in [6.07, 6.45) is 0.00782. The van der Waals surface area contributed by atoms with Crippen molar-refractivity contribution in [3.8, 4) is 0 Å². The molecule has 2 N–H and O–H groups in total. The van der Waals surface area contributed by atoms with E-state index < -0.39 is 18.0 Å². The summed E-state index contributed by atoms with van der Waals surface area (Å²) in [6.45, 7) is 1.94.